The van der Waals surface area contributed by atoms with E-state index in [2.05, 4.69) is 13.0 Å². The average molecular weight is 472 g/mol. The minimum atomic E-state index is -0.162. The number of para-hydroxylation sites is 2. The van der Waals surface area contributed by atoms with Crippen molar-refractivity contribution in [2.24, 2.45) is 0 Å². The van der Waals surface area contributed by atoms with Crippen molar-refractivity contribution in [1.29, 1.82) is 0 Å². The molecule has 1 unspecified atom stereocenters. The fraction of sp³-hybridized carbons (Fsp3) is 0.222. The fourth-order valence-electron chi connectivity index (χ4n) is 4.44. The molecular formula is C27H25N3O3S. The highest BCUT2D eigenvalue weighted by Gasteiger charge is 2.30. The van der Waals surface area contributed by atoms with Gasteiger partial charge in [-0.25, -0.2) is 4.98 Å². The van der Waals surface area contributed by atoms with Crippen LogP contribution in [0.2, 0.25) is 0 Å². The topological polar surface area (TPSA) is 64.4 Å². The molecule has 1 aliphatic rings. The third-order valence-corrected chi connectivity index (χ3v) is 6.87. The van der Waals surface area contributed by atoms with Crippen molar-refractivity contribution in [3.05, 3.63) is 88.7 Å². The molecule has 1 amide bonds. The Hall–Kier alpha value is -3.58. The van der Waals surface area contributed by atoms with Crippen LogP contribution in [-0.2, 0) is 11.2 Å². The van der Waals surface area contributed by atoms with Crippen LogP contribution in [0, 0.1) is 0 Å². The van der Waals surface area contributed by atoms with E-state index in [1.807, 2.05) is 72.5 Å². The first-order chi connectivity index (χ1) is 16.6. The number of hydrogen-bond donors (Lipinski definition) is 0. The summed E-state index contributed by atoms with van der Waals surface area (Å²) in [7, 11) is 0. The molecule has 0 spiro atoms. The molecule has 0 fully saturated rings. The van der Waals surface area contributed by atoms with Crippen LogP contribution in [0.3, 0.4) is 0 Å². The number of hydrogen-bond acceptors (Lipinski definition) is 5. The zero-order chi connectivity index (χ0) is 23.7. The van der Waals surface area contributed by atoms with Gasteiger partial charge in [-0.1, -0.05) is 42.1 Å². The number of carbonyl (C=O) groups is 1. The molecule has 0 radical (unpaired) electrons. The van der Waals surface area contributed by atoms with Crippen LogP contribution in [0.25, 0.3) is 16.6 Å². The van der Waals surface area contributed by atoms with Crippen LogP contribution >= 0.6 is 11.8 Å². The molecular weight excluding hydrogens is 446 g/mol. The first kappa shape index (κ1) is 22.2. The number of ether oxygens (including phenoxy) is 1. The number of carbonyl (C=O) groups excluding carboxylic acids is 1. The Morgan fingerprint density at radius 2 is 1.79 bits per heavy atom. The maximum atomic E-state index is 13.5. The summed E-state index contributed by atoms with van der Waals surface area (Å²) >= 11 is 1.29. The zero-order valence-electron chi connectivity index (χ0n) is 19.1. The summed E-state index contributed by atoms with van der Waals surface area (Å²) in [4.78, 5) is 33.4. The van der Waals surface area contributed by atoms with Crippen molar-refractivity contribution < 1.29 is 9.53 Å². The van der Waals surface area contributed by atoms with Crippen LogP contribution in [0.1, 0.15) is 19.4 Å². The second-order valence-electron chi connectivity index (χ2n) is 8.21. The molecule has 0 aliphatic carbocycles. The van der Waals surface area contributed by atoms with Gasteiger partial charge in [-0.3, -0.25) is 14.2 Å². The summed E-state index contributed by atoms with van der Waals surface area (Å²) in [5.41, 5.74) is 3.29. The van der Waals surface area contributed by atoms with Crippen LogP contribution in [0.5, 0.6) is 5.75 Å². The molecule has 6 nitrogen and oxygen atoms in total. The summed E-state index contributed by atoms with van der Waals surface area (Å²) in [6, 6.07) is 22.8. The highest BCUT2D eigenvalue weighted by molar-refractivity contribution is 7.99. The lowest BCUT2D eigenvalue weighted by atomic mass is 10.1. The van der Waals surface area contributed by atoms with Gasteiger partial charge in [-0.2, -0.15) is 0 Å². The minimum Gasteiger partial charge on any atom is -0.494 e. The molecule has 2 heterocycles. The van der Waals surface area contributed by atoms with Crippen molar-refractivity contribution in [2.75, 3.05) is 17.3 Å². The Morgan fingerprint density at radius 1 is 1.06 bits per heavy atom. The lowest BCUT2D eigenvalue weighted by Gasteiger charge is -2.23. The minimum absolute atomic E-state index is 0.00287. The number of amides is 1. The Morgan fingerprint density at radius 3 is 2.59 bits per heavy atom. The number of benzene rings is 3. The number of thioether (sulfide) groups is 1. The Kier molecular flexibility index (Phi) is 6.11. The van der Waals surface area contributed by atoms with E-state index in [9.17, 15) is 9.59 Å². The van der Waals surface area contributed by atoms with E-state index in [4.69, 9.17) is 9.72 Å². The monoisotopic (exact) mass is 471 g/mol. The molecule has 0 N–H and O–H groups in total. The summed E-state index contributed by atoms with van der Waals surface area (Å²) in [6.07, 6.45) is 0.845. The quantitative estimate of drug-likeness (QED) is 0.297. The third kappa shape index (κ3) is 4.07. The van der Waals surface area contributed by atoms with E-state index in [0.29, 0.717) is 28.4 Å². The number of anilines is 1. The first-order valence-electron chi connectivity index (χ1n) is 11.3. The van der Waals surface area contributed by atoms with Crippen LogP contribution < -0.4 is 15.2 Å². The van der Waals surface area contributed by atoms with E-state index in [-0.39, 0.29) is 23.3 Å². The van der Waals surface area contributed by atoms with Crippen LogP contribution in [0.15, 0.2) is 82.7 Å². The molecule has 0 saturated heterocycles. The van der Waals surface area contributed by atoms with Crippen molar-refractivity contribution in [2.45, 2.75) is 31.5 Å². The van der Waals surface area contributed by atoms with E-state index in [0.717, 1.165) is 17.9 Å². The maximum Gasteiger partial charge on any atom is 0.266 e. The predicted molar refractivity (Wildman–Crippen MR) is 136 cm³/mol. The second-order valence-corrected chi connectivity index (χ2v) is 9.16. The van der Waals surface area contributed by atoms with Gasteiger partial charge < -0.3 is 9.64 Å². The van der Waals surface area contributed by atoms with Gasteiger partial charge in [0.15, 0.2) is 5.16 Å². The zero-order valence-corrected chi connectivity index (χ0v) is 19.9. The summed E-state index contributed by atoms with van der Waals surface area (Å²) in [5.74, 6) is 0.919. The van der Waals surface area contributed by atoms with Crippen LogP contribution in [-0.4, -0.2) is 33.9 Å². The highest BCUT2D eigenvalue weighted by atomic mass is 32.2. The standard InChI is InChI=1S/C27H25N3O3S/c1-3-33-21-14-12-20(13-15-21)30-26(32)22-9-5-6-10-23(22)28-27(30)34-17-25(31)29-18(2)16-19-8-4-7-11-24(19)29/h4-15,18H,3,16-17H2,1-2H3. The normalized spacial score (nSPS) is 14.9. The molecule has 0 saturated carbocycles. The number of rotatable bonds is 6. The molecule has 4 aromatic rings. The molecule has 34 heavy (non-hydrogen) atoms. The highest BCUT2D eigenvalue weighted by Crippen LogP contribution is 2.33. The largest absolute Gasteiger partial charge is 0.494 e. The van der Waals surface area contributed by atoms with E-state index >= 15 is 0 Å². The first-order valence-corrected chi connectivity index (χ1v) is 12.3. The smallest absolute Gasteiger partial charge is 0.266 e. The fourth-order valence-corrected chi connectivity index (χ4v) is 5.31. The van der Waals surface area contributed by atoms with Gasteiger partial charge in [0.25, 0.3) is 5.56 Å². The second kappa shape index (κ2) is 9.35. The maximum absolute atomic E-state index is 13.5. The molecule has 5 rings (SSSR count). The predicted octanol–water partition coefficient (Wildman–Crippen LogP) is 4.85. The third-order valence-electron chi connectivity index (χ3n) is 5.95. The van der Waals surface area contributed by atoms with Gasteiger partial charge >= 0.3 is 0 Å². The molecule has 1 aliphatic heterocycles. The lowest BCUT2D eigenvalue weighted by molar-refractivity contribution is -0.116. The average Bonchev–Trinajstić information content (AvgIpc) is 3.19. The SMILES string of the molecule is CCOc1ccc(-n2c(SCC(=O)N3c4ccccc4CC3C)nc3ccccc3c2=O)cc1. The molecule has 7 heteroatoms. The van der Waals surface area contributed by atoms with Crippen molar-refractivity contribution in [3.63, 3.8) is 0 Å². The lowest BCUT2D eigenvalue weighted by Crippen LogP contribution is -2.37. The van der Waals surface area contributed by atoms with E-state index < -0.39 is 0 Å². The van der Waals surface area contributed by atoms with Gasteiger partial charge in [0.05, 0.1) is 29.0 Å². The molecule has 172 valence electrons. The Labute approximate surface area is 202 Å². The summed E-state index contributed by atoms with van der Waals surface area (Å²) in [6.45, 7) is 4.56. The van der Waals surface area contributed by atoms with E-state index in [1.54, 1.807) is 10.6 Å². The Bertz CT molecular complexity index is 1420. The molecule has 0 bridgehead atoms. The number of aromatic nitrogens is 2. The van der Waals surface area contributed by atoms with Gasteiger partial charge in [0.2, 0.25) is 5.91 Å². The van der Waals surface area contributed by atoms with E-state index in [1.165, 1.54) is 17.3 Å². The van der Waals surface area contributed by atoms with Crippen molar-refractivity contribution >= 4 is 34.3 Å². The number of nitrogens with zero attached hydrogens (tertiary/aromatic N) is 3. The van der Waals surface area contributed by atoms with Gasteiger partial charge in [-0.15, -0.1) is 0 Å². The van der Waals surface area contributed by atoms with Crippen molar-refractivity contribution in [1.82, 2.24) is 9.55 Å². The summed E-state index contributed by atoms with van der Waals surface area (Å²) < 4.78 is 7.12. The molecule has 1 atom stereocenters. The van der Waals surface area contributed by atoms with Gasteiger partial charge in [0, 0.05) is 11.7 Å². The number of fused-ring (bicyclic) bond motifs is 2. The van der Waals surface area contributed by atoms with Crippen LogP contribution in [0.4, 0.5) is 5.69 Å². The molecule has 1 aromatic heterocycles. The summed E-state index contributed by atoms with van der Waals surface area (Å²) in [5, 5.41) is 1.02. The van der Waals surface area contributed by atoms with Gasteiger partial charge in [0.1, 0.15) is 5.75 Å². The van der Waals surface area contributed by atoms with Crippen molar-refractivity contribution in [3.8, 4) is 11.4 Å². The molecule has 3 aromatic carbocycles. The van der Waals surface area contributed by atoms with Gasteiger partial charge in [-0.05, 0) is 68.3 Å². The Balaban J connectivity index is 1.50.